The van der Waals surface area contributed by atoms with Crippen LogP contribution in [0.25, 0.3) is 0 Å². The van der Waals surface area contributed by atoms with Gasteiger partial charge in [0, 0.05) is 12.2 Å². The number of rotatable bonds is 11. The Labute approximate surface area is 149 Å². The number of aliphatic carboxylic acids is 1. The van der Waals surface area contributed by atoms with Crippen LogP contribution in [0.4, 0.5) is 4.79 Å². The summed E-state index contributed by atoms with van der Waals surface area (Å²) in [5.74, 6) is -3.27. The third-order valence-corrected chi connectivity index (χ3v) is 3.19. The highest BCUT2D eigenvalue weighted by Crippen LogP contribution is 1.99. The Kier molecular flexibility index (Phi) is 10.8. The summed E-state index contributed by atoms with van der Waals surface area (Å²) in [6.45, 7) is 1.44. The van der Waals surface area contributed by atoms with Crippen LogP contribution in [0.5, 0.6) is 0 Å². The standard InChI is InChI=1S/C13H22N4O7S/c1-2-24-10(19)5-15-11(20)8(6-25)16-9(18)4-3-7(12(21)22)17-13(14)23/h7-8,25H,2-6H2,1H3,(H,15,20)(H,16,18)(H,21,22)(H3,14,17,23). The predicted octanol–water partition coefficient (Wildman–Crippen LogP) is -2.02. The molecule has 0 aliphatic rings. The Bertz CT molecular complexity index is 515. The number of carbonyl (C=O) groups is 5. The Morgan fingerprint density at radius 3 is 2.28 bits per heavy atom. The topological polar surface area (TPSA) is 177 Å². The van der Waals surface area contributed by atoms with Crippen LogP contribution < -0.4 is 21.7 Å². The summed E-state index contributed by atoms with van der Waals surface area (Å²) in [6.07, 6.45) is -0.486. The van der Waals surface area contributed by atoms with Crippen molar-refractivity contribution in [2.75, 3.05) is 18.9 Å². The fourth-order valence-corrected chi connectivity index (χ4v) is 1.92. The number of carboxylic acids is 1. The quantitative estimate of drug-likeness (QED) is 0.177. The van der Waals surface area contributed by atoms with Crippen LogP contribution in [-0.4, -0.2) is 65.9 Å². The highest BCUT2D eigenvalue weighted by atomic mass is 32.1. The minimum absolute atomic E-state index is 0.0394. The molecule has 0 spiro atoms. The van der Waals surface area contributed by atoms with Gasteiger partial charge in [-0.2, -0.15) is 12.6 Å². The molecule has 0 aliphatic heterocycles. The number of hydrogen-bond donors (Lipinski definition) is 6. The smallest absolute Gasteiger partial charge is 0.326 e. The van der Waals surface area contributed by atoms with Crippen molar-refractivity contribution in [1.29, 1.82) is 0 Å². The predicted molar refractivity (Wildman–Crippen MR) is 88.8 cm³/mol. The van der Waals surface area contributed by atoms with Crippen molar-refractivity contribution in [3.05, 3.63) is 0 Å². The molecule has 11 nitrogen and oxygen atoms in total. The number of primary amides is 1. The molecule has 2 unspecified atom stereocenters. The molecule has 0 radical (unpaired) electrons. The van der Waals surface area contributed by atoms with E-state index in [4.69, 9.17) is 10.8 Å². The van der Waals surface area contributed by atoms with Gasteiger partial charge in [0.25, 0.3) is 0 Å². The van der Waals surface area contributed by atoms with Gasteiger partial charge in [0.1, 0.15) is 18.6 Å². The van der Waals surface area contributed by atoms with Gasteiger partial charge in [-0.05, 0) is 13.3 Å². The minimum atomic E-state index is -1.34. The van der Waals surface area contributed by atoms with Crippen LogP contribution in [0, 0.1) is 0 Å². The van der Waals surface area contributed by atoms with Crippen molar-refractivity contribution < 1.29 is 33.8 Å². The number of carbonyl (C=O) groups excluding carboxylic acids is 4. The molecule has 12 heteroatoms. The second-order valence-corrected chi connectivity index (χ2v) is 5.13. The molecule has 0 rings (SSSR count). The highest BCUT2D eigenvalue weighted by Gasteiger charge is 2.23. The number of thiol groups is 1. The van der Waals surface area contributed by atoms with Gasteiger partial charge in [0.05, 0.1) is 6.61 Å². The molecule has 6 N–H and O–H groups in total. The summed E-state index contributed by atoms with van der Waals surface area (Å²) < 4.78 is 4.65. The van der Waals surface area contributed by atoms with E-state index >= 15 is 0 Å². The summed E-state index contributed by atoms with van der Waals surface area (Å²) in [5, 5.41) is 15.5. The van der Waals surface area contributed by atoms with Gasteiger partial charge < -0.3 is 31.5 Å². The molecule has 2 atom stereocenters. The summed E-state index contributed by atoms with van der Waals surface area (Å²) in [5.41, 5.74) is 4.84. The normalized spacial score (nSPS) is 12.4. The van der Waals surface area contributed by atoms with Gasteiger partial charge in [-0.1, -0.05) is 0 Å². The van der Waals surface area contributed by atoms with Gasteiger partial charge >= 0.3 is 18.0 Å². The minimum Gasteiger partial charge on any atom is -0.480 e. The van der Waals surface area contributed by atoms with Gasteiger partial charge in [0.2, 0.25) is 11.8 Å². The first-order valence-corrected chi connectivity index (χ1v) is 7.96. The van der Waals surface area contributed by atoms with Gasteiger partial charge in [-0.15, -0.1) is 0 Å². The lowest BCUT2D eigenvalue weighted by Gasteiger charge is -2.17. The second kappa shape index (κ2) is 11.9. The fraction of sp³-hybridized carbons (Fsp3) is 0.615. The number of hydrogen-bond acceptors (Lipinski definition) is 7. The molecule has 0 heterocycles. The number of carboxylic acid groups (broad SMARTS) is 1. The average Bonchev–Trinajstić information content (AvgIpc) is 2.53. The van der Waals surface area contributed by atoms with E-state index < -0.39 is 41.9 Å². The van der Waals surface area contributed by atoms with E-state index in [1.807, 2.05) is 5.32 Å². The summed E-state index contributed by atoms with van der Waals surface area (Å²) in [6, 6.07) is -3.37. The maximum atomic E-state index is 11.9. The van der Waals surface area contributed by atoms with Gasteiger partial charge in [-0.3, -0.25) is 14.4 Å². The molecule has 0 saturated heterocycles. The molecule has 0 aromatic heterocycles. The fourth-order valence-electron chi connectivity index (χ4n) is 1.66. The Hall–Kier alpha value is -2.50. The van der Waals surface area contributed by atoms with Crippen LogP contribution >= 0.6 is 12.6 Å². The molecule has 25 heavy (non-hydrogen) atoms. The number of ether oxygens (including phenoxy) is 1. The molecular formula is C13H22N4O7S. The number of esters is 1. The molecule has 0 aliphatic carbocycles. The summed E-state index contributed by atoms with van der Waals surface area (Å²) in [4.78, 5) is 56.4. The van der Waals surface area contributed by atoms with Crippen molar-refractivity contribution in [2.24, 2.45) is 5.73 Å². The number of amides is 4. The van der Waals surface area contributed by atoms with Gasteiger partial charge in [-0.25, -0.2) is 9.59 Å². The maximum absolute atomic E-state index is 11.9. The Morgan fingerprint density at radius 1 is 1.16 bits per heavy atom. The summed E-state index contributed by atoms with van der Waals surface area (Å²) >= 11 is 3.94. The molecular weight excluding hydrogens is 356 g/mol. The SMILES string of the molecule is CCOC(=O)CNC(=O)C(CS)NC(=O)CCC(NC(N)=O)C(=O)O. The van der Waals surface area contributed by atoms with E-state index in [-0.39, 0.29) is 31.7 Å². The molecule has 0 bridgehead atoms. The van der Waals surface area contributed by atoms with Crippen molar-refractivity contribution in [3.8, 4) is 0 Å². The first-order valence-electron chi connectivity index (χ1n) is 7.33. The monoisotopic (exact) mass is 378 g/mol. The summed E-state index contributed by atoms with van der Waals surface area (Å²) in [7, 11) is 0. The first-order chi connectivity index (χ1) is 11.7. The second-order valence-electron chi connectivity index (χ2n) is 4.76. The maximum Gasteiger partial charge on any atom is 0.326 e. The highest BCUT2D eigenvalue weighted by molar-refractivity contribution is 7.80. The lowest BCUT2D eigenvalue weighted by molar-refractivity contribution is -0.143. The third-order valence-electron chi connectivity index (χ3n) is 2.82. The van der Waals surface area contributed by atoms with Crippen LogP contribution in [0.2, 0.25) is 0 Å². The van der Waals surface area contributed by atoms with E-state index in [1.165, 1.54) is 0 Å². The zero-order valence-electron chi connectivity index (χ0n) is 13.6. The Morgan fingerprint density at radius 2 is 1.80 bits per heavy atom. The van der Waals surface area contributed by atoms with E-state index in [9.17, 15) is 24.0 Å². The van der Waals surface area contributed by atoms with Crippen LogP contribution in [0.1, 0.15) is 19.8 Å². The van der Waals surface area contributed by atoms with Crippen molar-refractivity contribution in [1.82, 2.24) is 16.0 Å². The lowest BCUT2D eigenvalue weighted by Crippen LogP contribution is -2.49. The first kappa shape index (κ1) is 22.5. The largest absolute Gasteiger partial charge is 0.480 e. The zero-order valence-corrected chi connectivity index (χ0v) is 14.5. The van der Waals surface area contributed by atoms with E-state index in [1.54, 1.807) is 6.92 Å². The Balaban J connectivity index is 4.43. The molecule has 0 fully saturated rings. The van der Waals surface area contributed by atoms with Gasteiger partial charge in [0.15, 0.2) is 0 Å². The molecule has 0 aromatic rings. The van der Waals surface area contributed by atoms with Crippen LogP contribution in [0.15, 0.2) is 0 Å². The number of nitrogens with two attached hydrogens (primary N) is 1. The van der Waals surface area contributed by atoms with Crippen molar-refractivity contribution in [3.63, 3.8) is 0 Å². The number of nitrogens with one attached hydrogen (secondary N) is 3. The molecule has 0 saturated carbocycles. The third kappa shape index (κ3) is 10.1. The van der Waals surface area contributed by atoms with E-state index in [2.05, 4.69) is 28.0 Å². The van der Waals surface area contributed by atoms with E-state index in [0.29, 0.717) is 0 Å². The lowest BCUT2D eigenvalue weighted by atomic mass is 10.1. The zero-order chi connectivity index (χ0) is 19.4. The molecule has 142 valence electrons. The van der Waals surface area contributed by atoms with Crippen LogP contribution in [0.3, 0.4) is 0 Å². The van der Waals surface area contributed by atoms with Crippen LogP contribution in [-0.2, 0) is 23.9 Å². The average molecular weight is 378 g/mol. The van der Waals surface area contributed by atoms with Crippen molar-refractivity contribution >= 4 is 42.4 Å². The van der Waals surface area contributed by atoms with E-state index in [0.717, 1.165) is 0 Å². The number of urea groups is 1. The molecule has 4 amide bonds. The van der Waals surface area contributed by atoms with Crippen molar-refractivity contribution in [2.45, 2.75) is 31.8 Å². The molecule has 0 aromatic carbocycles.